The lowest BCUT2D eigenvalue weighted by atomic mass is 9.97. The summed E-state index contributed by atoms with van der Waals surface area (Å²) in [6.45, 7) is 3.67. The zero-order chi connectivity index (χ0) is 15.7. The van der Waals surface area contributed by atoms with E-state index in [9.17, 15) is 4.79 Å². The van der Waals surface area contributed by atoms with Gasteiger partial charge in [0.05, 0.1) is 5.92 Å². The van der Waals surface area contributed by atoms with Crippen molar-refractivity contribution < 1.29 is 4.79 Å². The molecule has 1 fully saturated rings. The van der Waals surface area contributed by atoms with Crippen molar-refractivity contribution in [2.24, 2.45) is 18.9 Å². The topological polar surface area (TPSA) is 54.3 Å². The third kappa shape index (κ3) is 2.56. The monoisotopic (exact) mass is 299 g/mol. The third-order valence-electron chi connectivity index (χ3n) is 4.33. The molecule has 116 valence electrons. The van der Waals surface area contributed by atoms with E-state index in [1.807, 2.05) is 36.0 Å². The number of aryl methyl sites for hydroxylation is 1. The lowest BCUT2D eigenvalue weighted by Gasteiger charge is -2.22. The fourth-order valence-electron chi connectivity index (χ4n) is 3.04. The molecule has 0 aliphatic carbocycles. The zero-order valence-electron chi connectivity index (χ0n) is 13.2. The van der Waals surface area contributed by atoms with Crippen LogP contribution >= 0.6 is 0 Å². The molecule has 0 bridgehead atoms. The number of carbonyl (C=O) groups excluding carboxylic acids is 1. The van der Waals surface area contributed by atoms with Crippen LogP contribution in [0, 0.1) is 11.8 Å². The second-order valence-electron chi connectivity index (χ2n) is 5.91. The fourth-order valence-corrected chi connectivity index (χ4v) is 3.04. The van der Waals surface area contributed by atoms with Crippen LogP contribution in [-0.2, 0) is 11.8 Å². The molecule has 0 unspecified atom stereocenters. The van der Waals surface area contributed by atoms with E-state index in [4.69, 9.17) is 0 Å². The van der Waals surface area contributed by atoms with Crippen molar-refractivity contribution in [1.29, 1.82) is 0 Å². The highest BCUT2D eigenvalue weighted by Crippen LogP contribution is 2.28. The predicted octanol–water partition coefficient (Wildman–Crippen LogP) is 1.55. The van der Waals surface area contributed by atoms with Gasteiger partial charge in [0.1, 0.15) is 5.82 Å². The Morgan fingerprint density at radius 3 is 2.73 bits per heavy atom. The van der Waals surface area contributed by atoms with Crippen LogP contribution in [0.2, 0.25) is 0 Å². The first kappa shape index (κ1) is 14.6. The van der Waals surface area contributed by atoms with Crippen LogP contribution < -0.4 is 9.80 Å². The standard InChI is InChI=1S/C16H21N5O/c1-12-10-21(14-6-4-5-7-17-14)11-13(12)15(22)20(3)16-18-8-9-19(16)2/h4-9,12-13H,10-11H2,1-3H3/t12-,13-/m1/s1. The minimum atomic E-state index is -0.0382. The van der Waals surface area contributed by atoms with E-state index in [1.165, 1.54) is 0 Å². The van der Waals surface area contributed by atoms with Gasteiger partial charge in [0.2, 0.25) is 11.9 Å². The largest absolute Gasteiger partial charge is 0.356 e. The molecule has 1 aliphatic rings. The van der Waals surface area contributed by atoms with E-state index in [2.05, 4.69) is 21.8 Å². The van der Waals surface area contributed by atoms with Gasteiger partial charge < -0.3 is 9.47 Å². The Hall–Kier alpha value is -2.37. The van der Waals surface area contributed by atoms with Gasteiger partial charge in [-0.25, -0.2) is 9.97 Å². The summed E-state index contributed by atoms with van der Waals surface area (Å²) in [4.78, 5) is 25.3. The summed E-state index contributed by atoms with van der Waals surface area (Å²) in [6.07, 6.45) is 5.34. The number of pyridine rings is 1. The van der Waals surface area contributed by atoms with Gasteiger partial charge in [-0.05, 0) is 18.1 Å². The number of nitrogens with zero attached hydrogens (tertiary/aromatic N) is 5. The van der Waals surface area contributed by atoms with Crippen LogP contribution in [0.15, 0.2) is 36.8 Å². The lowest BCUT2D eigenvalue weighted by Crippen LogP contribution is -2.37. The predicted molar refractivity (Wildman–Crippen MR) is 85.7 cm³/mol. The highest BCUT2D eigenvalue weighted by Gasteiger charge is 2.37. The van der Waals surface area contributed by atoms with Crippen molar-refractivity contribution in [2.45, 2.75) is 6.92 Å². The normalized spacial score (nSPS) is 21.1. The second-order valence-corrected chi connectivity index (χ2v) is 5.91. The molecule has 3 rings (SSSR count). The number of rotatable bonds is 3. The smallest absolute Gasteiger partial charge is 0.234 e. The molecule has 1 saturated heterocycles. The van der Waals surface area contributed by atoms with Crippen molar-refractivity contribution in [1.82, 2.24) is 14.5 Å². The van der Waals surface area contributed by atoms with E-state index in [1.54, 1.807) is 24.3 Å². The molecule has 2 aromatic rings. The molecule has 0 spiro atoms. The van der Waals surface area contributed by atoms with Gasteiger partial charge in [-0.3, -0.25) is 9.69 Å². The third-order valence-corrected chi connectivity index (χ3v) is 4.33. The maximum Gasteiger partial charge on any atom is 0.234 e. The van der Waals surface area contributed by atoms with Crippen LogP contribution in [0.4, 0.5) is 11.8 Å². The van der Waals surface area contributed by atoms with Crippen molar-refractivity contribution in [3.63, 3.8) is 0 Å². The Morgan fingerprint density at radius 1 is 1.27 bits per heavy atom. The minimum Gasteiger partial charge on any atom is -0.356 e. The maximum atomic E-state index is 12.8. The summed E-state index contributed by atoms with van der Waals surface area (Å²) in [7, 11) is 3.69. The molecule has 1 aliphatic heterocycles. The van der Waals surface area contributed by atoms with Crippen molar-refractivity contribution in [3.8, 4) is 0 Å². The number of anilines is 2. The molecule has 2 aromatic heterocycles. The van der Waals surface area contributed by atoms with Crippen molar-refractivity contribution in [2.75, 3.05) is 29.9 Å². The quantitative estimate of drug-likeness (QED) is 0.863. The van der Waals surface area contributed by atoms with E-state index in [0.29, 0.717) is 12.5 Å². The van der Waals surface area contributed by atoms with Gasteiger partial charge in [-0.1, -0.05) is 13.0 Å². The Bertz CT molecular complexity index is 654. The molecule has 0 radical (unpaired) electrons. The Morgan fingerprint density at radius 2 is 2.09 bits per heavy atom. The molecule has 22 heavy (non-hydrogen) atoms. The zero-order valence-corrected chi connectivity index (χ0v) is 13.2. The summed E-state index contributed by atoms with van der Waals surface area (Å²) < 4.78 is 1.86. The van der Waals surface area contributed by atoms with E-state index in [0.717, 1.165) is 12.4 Å². The number of hydrogen-bond acceptors (Lipinski definition) is 4. The summed E-state index contributed by atoms with van der Waals surface area (Å²) in [5.74, 6) is 1.97. The van der Waals surface area contributed by atoms with Crippen LogP contribution in [0.5, 0.6) is 0 Å². The van der Waals surface area contributed by atoms with Crippen LogP contribution in [0.25, 0.3) is 0 Å². The average molecular weight is 299 g/mol. The summed E-state index contributed by atoms with van der Waals surface area (Å²) in [5.41, 5.74) is 0. The first-order chi connectivity index (χ1) is 10.6. The number of aromatic nitrogens is 3. The molecule has 3 heterocycles. The maximum absolute atomic E-state index is 12.8. The lowest BCUT2D eigenvalue weighted by molar-refractivity contribution is -0.122. The highest BCUT2D eigenvalue weighted by atomic mass is 16.2. The van der Waals surface area contributed by atoms with Crippen molar-refractivity contribution >= 4 is 17.7 Å². The van der Waals surface area contributed by atoms with Gasteiger partial charge in [-0.15, -0.1) is 0 Å². The average Bonchev–Trinajstić information content (AvgIpc) is 3.13. The molecule has 0 N–H and O–H groups in total. The van der Waals surface area contributed by atoms with Gasteiger partial charge >= 0.3 is 0 Å². The fraction of sp³-hybridized carbons (Fsp3) is 0.438. The molecule has 0 saturated carbocycles. The second kappa shape index (κ2) is 5.79. The Balaban J connectivity index is 1.75. The number of amides is 1. The first-order valence-electron chi connectivity index (χ1n) is 7.49. The SMILES string of the molecule is C[C@@H]1CN(c2ccccn2)C[C@H]1C(=O)N(C)c1nccn1C. The van der Waals surface area contributed by atoms with Gasteiger partial charge in [0, 0.05) is 45.8 Å². The Labute approximate surface area is 130 Å². The number of imidazole rings is 1. The Kier molecular flexibility index (Phi) is 3.83. The number of carbonyl (C=O) groups is 1. The molecule has 0 aromatic carbocycles. The van der Waals surface area contributed by atoms with Crippen LogP contribution in [0.1, 0.15) is 6.92 Å². The van der Waals surface area contributed by atoms with Gasteiger partial charge in [0.25, 0.3) is 0 Å². The van der Waals surface area contributed by atoms with Crippen LogP contribution in [-0.4, -0.2) is 40.6 Å². The molecular formula is C16H21N5O. The molecule has 6 heteroatoms. The summed E-state index contributed by atoms with van der Waals surface area (Å²) >= 11 is 0. The summed E-state index contributed by atoms with van der Waals surface area (Å²) in [6, 6.07) is 5.87. The van der Waals surface area contributed by atoms with Gasteiger partial charge in [-0.2, -0.15) is 0 Å². The van der Waals surface area contributed by atoms with Gasteiger partial charge in [0.15, 0.2) is 0 Å². The summed E-state index contributed by atoms with van der Waals surface area (Å²) in [5, 5.41) is 0. The van der Waals surface area contributed by atoms with E-state index < -0.39 is 0 Å². The number of hydrogen-bond donors (Lipinski definition) is 0. The highest BCUT2D eigenvalue weighted by molar-refractivity contribution is 5.94. The molecule has 6 nitrogen and oxygen atoms in total. The minimum absolute atomic E-state index is 0.0382. The van der Waals surface area contributed by atoms with E-state index in [-0.39, 0.29) is 17.7 Å². The molecular weight excluding hydrogens is 278 g/mol. The van der Waals surface area contributed by atoms with Crippen LogP contribution in [0.3, 0.4) is 0 Å². The van der Waals surface area contributed by atoms with Crippen molar-refractivity contribution in [3.05, 3.63) is 36.8 Å². The first-order valence-corrected chi connectivity index (χ1v) is 7.49. The molecule has 2 atom stereocenters. The van der Waals surface area contributed by atoms with E-state index >= 15 is 0 Å². The molecule has 1 amide bonds.